The fraction of sp³-hybridized carbons (Fsp3) is 0.750. The highest BCUT2D eigenvalue weighted by molar-refractivity contribution is 5.90. The Morgan fingerprint density at radius 3 is 3.00 bits per heavy atom. The van der Waals surface area contributed by atoms with E-state index in [1.54, 1.807) is 0 Å². The molecule has 6 heteroatoms. The zero-order valence-corrected chi connectivity index (χ0v) is 7.71. The van der Waals surface area contributed by atoms with Crippen LogP contribution in [0.4, 0.5) is 0 Å². The van der Waals surface area contributed by atoms with Crippen molar-refractivity contribution in [2.24, 2.45) is 0 Å². The molecule has 0 aliphatic carbocycles. The smallest absolute Gasteiger partial charge is 0.268 e. The molecule has 2 fully saturated rings. The highest BCUT2D eigenvalue weighted by atomic mass is 16.7. The van der Waals surface area contributed by atoms with Crippen LogP contribution in [0.1, 0.15) is 12.8 Å². The number of rotatable bonds is 2. The second kappa shape index (κ2) is 3.93. The van der Waals surface area contributed by atoms with Crippen molar-refractivity contribution in [2.75, 3.05) is 13.2 Å². The maximum atomic E-state index is 11.5. The van der Waals surface area contributed by atoms with Gasteiger partial charge in [0.15, 0.2) is 0 Å². The number of carbonyl (C=O) groups excluding carboxylic acids is 2. The molecule has 2 amide bonds. The highest BCUT2D eigenvalue weighted by Crippen LogP contribution is 2.05. The summed E-state index contributed by atoms with van der Waals surface area (Å²) in [5.74, 6) is -0.399. The predicted molar refractivity (Wildman–Crippen MR) is 47.1 cm³/mol. The Balaban J connectivity index is 1.84. The van der Waals surface area contributed by atoms with E-state index in [1.165, 1.54) is 0 Å². The Hall–Kier alpha value is -1.14. The number of amides is 2. The van der Waals surface area contributed by atoms with Gasteiger partial charge in [-0.25, -0.2) is 5.48 Å². The van der Waals surface area contributed by atoms with Gasteiger partial charge >= 0.3 is 0 Å². The van der Waals surface area contributed by atoms with Gasteiger partial charge in [-0.15, -0.1) is 0 Å². The predicted octanol–water partition coefficient (Wildman–Crippen LogP) is -1.72. The minimum absolute atomic E-state index is 0.117. The van der Waals surface area contributed by atoms with Crippen molar-refractivity contribution in [3.8, 4) is 0 Å². The summed E-state index contributed by atoms with van der Waals surface area (Å²) in [5, 5.41) is 5.69. The first kappa shape index (κ1) is 9.42. The first-order chi connectivity index (χ1) is 6.77. The minimum Gasteiger partial charge on any atom is -0.341 e. The Labute approximate surface area is 81.3 Å². The van der Waals surface area contributed by atoms with Gasteiger partial charge in [-0.2, -0.15) is 0 Å². The van der Waals surface area contributed by atoms with Crippen LogP contribution >= 0.6 is 0 Å². The SMILES string of the molecule is O=C(N[C@@H]1CONC1=O)[C@H]1CCCN1. The lowest BCUT2D eigenvalue weighted by Gasteiger charge is -2.13. The lowest BCUT2D eigenvalue weighted by atomic mass is 10.2. The number of hydrogen-bond acceptors (Lipinski definition) is 4. The zero-order chi connectivity index (χ0) is 9.97. The third-order valence-electron chi connectivity index (χ3n) is 2.43. The summed E-state index contributed by atoms with van der Waals surface area (Å²) in [6, 6.07) is -0.687. The van der Waals surface area contributed by atoms with Crippen LogP contribution in [0.5, 0.6) is 0 Å². The van der Waals surface area contributed by atoms with E-state index in [2.05, 4.69) is 16.1 Å². The minimum atomic E-state index is -0.537. The van der Waals surface area contributed by atoms with Gasteiger partial charge in [0, 0.05) is 0 Å². The largest absolute Gasteiger partial charge is 0.341 e. The van der Waals surface area contributed by atoms with E-state index in [0.29, 0.717) is 0 Å². The van der Waals surface area contributed by atoms with E-state index in [9.17, 15) is 9.59 Å². The van der Waals surface area contributed by atoms with Crippen LogP contribution in [0, 0.1) is 0 Å². The molecule has 0 saturated carbocycles. The molecule has 2 rings (SSSR count). The van der Waals surface area contributed by atoms with Gasteiger partial charge in [0.2, 0.25) is 5.91 Å². The van der Waals surface area contributed by atoms with Crippen LogP contribution in [0.3, 0.4) is 0 Å². The Morgan fingerprint density at radius 2 is 2.43 bits per heavy atom. The van der Waals surface area contributed by atoms with Crippen LogP contribution in [0.2, 0.25) is 0 Å². The average Bonchev–Trinajstić information content (AvgIpc) is 2.77. The Morgan fingerprint density at radius 1 is 1.57 bits per heavy atom. The second-order valence-electron chi connectivity index (χ2n) is 3.49. The maximum Gasteiger partial charge on any atom is 0.268 e. The lowest BCUT2D eigenvalue weighted by Crippen LogP contribution is -2.48. The monoisotopic (exact) mass is 199 g/mol. The molecule has 0 spiro atoms. The molecule has 0 aromatic carbocycles. The number of hydrogen-bond donors (Lipinski definition) is 3. The van der Waals surface area contributed by atoms with Gasteiger partial charge in [0.25, 0.3) is 5.91 Å². The van der Waals surface area contributed by atoms with E-state index in [4.69, 9.17) is 4.84 Å². The molecule has 2 atom stereocenters. The lowest BCUT2D eigenvalue weighted by molar-refractivity contribution is -0.129. The first-order valence-corrected chi connectivity index (χ1v) is 4.73. The summed E-state index contributed by atoms with van der Waals surface area (Å²) in [6.07, 6.45) is 1.84. The topological polar surface area (TPSA) is 79.5 Å². The second-order valence-corrected chi connectivity index (χ2v) is 3.49. The molecule has 2 aliphatic heterocycles. The summed E-state index contributed by atoms with van der Waals surface area (Å²) >= 11 is 0. The molecule has 78 valence electrons. The van der Waals surface area contributed by atoms with E-state index in [0.717, 1.165) is 19.4 Å². The summed E-state index contributed by atoms with van der Waals surface area (Å²) in [5.41, 5.74) is 2.19. The third-order valence-corrected chi connectivity index (χ3v) is 2.43. The molecule has 0 radical (unpaired) electrons. The molecular weight excluding hydrogens is 186 g/mol. The van der Waals surface area contributed by atoms with Gasteiger partial charge in [0.05, 0.1) is 6.04 Å². The first-order valence-electron chi connectivity index (χ1n) is 4.73. The van der Waals surface area contributed by atoms with E-state index >= 15 is 0 Å². The molecule has 0 aromatic heterocycles. The fourth-order valence-electron chi connectivity index (χ4n) is 1.63. The molecule has 0 unspecified atom stereocenters. The molecule has 2 aliphatic rings. The standard InChI is InChI=1S/C8H13N3O3/c12-7(5-2-1-3-9-5)10-6-4-14-11-8(6)13/h5-6,9H,1-4H2,(H,10,12)(H,11,13)/t5-,6-/m1/s1. The maximum absolute atomic E-state index is 11.5. The number of nitrogens with one attached hydrogen (secondary N) is 3. The van der Waals surface area contributed by atoms with E-state index < -0.39 is 6.04 Å². The van der Waals surface area contributed by atoms with Gasteiger partial charge in [0.1, 0.15) is 12.6 Å². The van der Waals surface area contributed by atoms with Crippen LogP contribution in [0.15, 0.2) is 0 Å². The fourth-order valence-corrected chi connectivity index (χ4v) is 1.63. The van der Waals surface area contributed by atoms with Crippen molar-refractivity contribution in [1.82, 2.24) is 16.1 Å². The molecule has 0 bridgehead atoms. The molecule has 6 nitrogen and oxygen atoms in total. The van der Waals surface area contributed by atoms with Crippen LogP contribution in [-0.2, 0) is 14.4 Å². The number of hydroxylamine groups is 1. The van der Waals surface area contributed by atoms with Crippen LogP contribution in [-0.4, -0.2) is 37.0 Å². The van der Waals surface area contributed by atoms with Gasteiger partial charge in [-0.3, -0.25) is 14.4 Å². The van der Waals surface area contributed by atoms with Crippen molar-refractivity contribution in [3.63, 3.8) is 0 Å². The van der Waals surface area contributed by atoms with Crippen LogP contribution < -0.4 is 16.1 Å². The van der Waals surface area contributed by atoms with E-state index in [-0.39, 0.29) is 24.5 Å². The summed E-state index contributed by atoms with van der Waals surface area (Å²) < 4.78 is 0. The van der Waals surface area contributed by atoms with Gasteiger partial charge < -0.3 is 10.6 Å². The average molecular weight is 199 g/mol. The quantitative estimate of drug-likeness (QED) is 0.494. The third kappa shape index (κ3) is 1.85. The summed E-state index contributed by atoms with van der Waals surface area (Å²) in [7, 11) is 0. The molecular formula is C8H13N3O3. The van der Waals surface area contributed by atoms with Crippen molar-refractivity contribution >= 4 is 11.8 Å². The summed E-state index contributed by atoms with van der Waals surface area (Å²) in [6.45, 7) is 1.07. The molecule has 2 heterocycles. The summed E-state index contributed by atoms with van der Waals surface area (Å²) in [4.78, 5) is 27.3. The Kier molecular flexibility index (Phi) is 2.64. The van der Waals surface area contributed by atoms with Crippen molar-refractivity contribution in [1.29, 1.82) is 0 Å². The van der Waals surface area contributed by atoms with Gasteiger partial charge in [-0.1, -0.05) is 0 Å². The molecule has 3 N–H and O–H groups in total. The molecule has 14 heavy (non-hydrogen) atoms. The normalized spacial score (nSPS) is 31.6. The van der Waals surface area contributed by atoms with Crippen molar-refractivity contribution in [3.05, 3.63) is 0 Å². The number of carbonyl (C=O) groups is 2. The van der Waals surface area contributed by atoms with Crippen molar-refractivity contribution < 1.29 is 14.4 Å². The van der Waals surface area contributed by atoms with Gasteiger partial charge in [-0.05, 0) is 19.4 Å². The Bertz CT molecular complexity index is 250. The molecule has 0 aromatic rings. The van der Waals surface area contributed by atoms with Crippen molar-refractivity contribution in [2.45, 2.75) is 24.9 Å². The highest BCUT2D eigenvalue weighted by Gasteiger charge is 2.30. The van der Waals surface area contributed by atoms with E-state index in [1.807, 2.05) is 0 Å². The molecule has 2 saturated heterocycles. The zero-order valence-electron chi connectivity index (χ0n) is 7.71. The van der Waals surface area contributed by atoms with Crippen LogP contribution in [0.25, 0.3) is 0 Å².